The number of carboxylic acids is 3. The molecule has 9 aromatic rings. The van der Waals surface area contributed by atoms with Crippen molar-refractivity contribution in [2.24, 2.45) is 5.73 Å². The topological polar surface area (TPSA) is 482 Å². The molecule has 0 spiro atoms. The predicted octanol–water partition coefficient (Wildman–Crippen LogP) is 6.44. The molecule has 0 saturated carbocycles. The van der Waals surface area contributed by atoms with Gasteiger partial charge in [0.25, 0.3) is 17.1 Å². The number of para-hydroxylation sites is 3. The molecule has 0 aliphatic rings. The molecule has 0 radical (unpaired) electrons. The lowest BCUT2D eigenvalue weighted by molar-refractivity contribution is -0.385. The highest BCUT2D eigenvalue weighted by atomic mass is 16.6. The molecule has 3 aromatic heterocycles. The van der Waals surface area contributed by atoms with E-state index in [4.69, 9.17) is 5.73 Å². The second kappa shape index (κ2) is 29.3. The van der Waals surface area contributed by atoms with Gasteiger partial charge in [0.05, 0.1) is 38.4 Å². The van der Waals surface area contributed by atoms with Crippen molar-refractivity contribution in [1.29, 1.82) is 0 Å². The summed E-state index contributed by atoms with van der Waals surface area (Å²) in [4.78, 5) is 179. The van der Waals surface area contributed by atoms with Crippen molar-refractivity contribution in [2.45, 2.75) is 81.5 Å². The zero-order valence-corrected chi connectivity index (χ0v) is 50.5. The van der Waals surface area contributed by atoms with Crippen LogP contribution in [0.15, 0.2) is 146 Å². The van der Waals surface area contributed by atoms with Gasteiger partial charge in [-0.1, -0.05) is 54.6 Å². The number of carboxylic acid groups (broad SMARTS) is 3. The maximum Gasteiger partial charge on any atom is 0.326 e. The summed E-state index contributed by atoms with van der Waals surface area (Å²) in [6, 6.07) is 28.2. The first kappa shape index (κ1) is 67.8. The number of hydrogen-bond acceptors (Lipinski definition) is 17. The molecule has 4 amide bonds. The van der Waals surface area contributed by atoms with Gasteiger partial charge in [-0.15, -0.1) is 0 Å². The highest BCUT2D eigenvalue weighted by Gasteiger charge is 2.37. The molecule has 30 nitrogen and oxygen atoms in total. The maximum atomic E-state index is 14.3. The van der Waals surface area contributed by atoms with Gasteiger partial charge in [-0.2, -0.15) is 0 Å². The standard InChI is InChI=1S/C66H59N11O19/c67-34-56(81)74-66(28-25-53(78)68-50(63(85)86)31-44-41-7-1-4-10-47(41)71-57(44)60(82)35-13-19-38(20-14-35)75(91)92,29-26-54(79)69-51(64(87)88)32-45-42-8-2-5-11-48(42)72-58(45)61(83)36-15-21-39(22-16-36)76(93)94)30-27-55(80)70-52(65(89)90)33-46-43-9-3-6-12-49(43)73-59(46)62(84)37-17-23-40(24-18-37)77(95)96/h1-24,50-52,71-73H,25-34,67H2,(H,68,78)(H,69,79)(H,70,80)(H,74,81)(H,85,86)(H,87,88)(H,89,90). The average Bonchev–Trinajstić information content (AvgIpc) is 1.64. The monoisotopic (exact) mass is 1310 g/mol. The number of nitro benzene ring substituents is 3. The number of carbonyl (C=O) groups excluding carboxylic acids is 7. The highest BCUT2D eigenvalue weighted by Crippen LogP contribution is 2.32. The summed E-state index contributed by atoms with van der Waals surface area (Å²) >= 11 is 0. The van der Waals surface area contributed by atoms with Gasteiger partial charge in [0.1, 0.15) is 18.1 Å². The number of H-pyrrole nitrogens is 3. The molecule has 0 bridgehead atoms. The SMILES string of the molecule is NCC(=O)NC(CCC(=O)NC(Cc1c(C(=O)c2ccc([N+](=O)[O-])cc2)[nH]c2ccccc12)C(=O)O)(CCC(=O)NC(Cc1c(C(=O)c2ccc([N+](=O)[O-])cc2)[nH]c2ccccc12)C(=O)O)CCC(=O)NC(Cc1c(C(=O)c2ccc([N+](=O)[O-])cc2)[nH]c2ccccc12)C(=O)O. The summed E-state index contributed by atoms with van der Waals surface area (Å²) in [6.45, 7) is -0.710. The second-order valence-electron chi connectivity index (χ2n) is 22.5. The van der Waals surface area contributed by atoms with Crippen LogP contribution < -0.4 is 27.0 Å². The zero-order valence-electron chi connectivity index (χ0n) is 50.5. The van der Waals surface area contributed by atoms with E-state index in [1.54, 1.807) is 72.8 Å². The lowest BCUT2D eigenvalue weighted by Crippen LogP contribution is -2.53. The lowest BCUT2D eigenvalue weighted by Gasteiger charge is -2.35. The van der Waals surface area contributed by atoms with Gasteiger partial charge in [0.2, 0.25) is 41.0 Å². The summed E-state index contributed by atoms with van der Waals surface area (Å²) in [6.07, 6.45) is -5.08. The molecule has 30 heteroatoms. The minimum Gasteiger partial charge on any atom is -0.480 e. The van der Waals surface area contributed by atoms with Gasteiger partial charge in [-0.05, 0) is 90.6 Å². The molecule has 12 N–H and O–H groups in total. The van der Waals surface area contributed by atoms with E-state index in [0.29, 0.717) is 32.7 Å². The Morgan fingerprint density at radius 1 is 0.406 bits per heavy atom. The lowest BCUT2D eigenvalue weighted by atomic mass is 9.82. The number of nitrogens with two attached hydrogens (primary N) is 1. The number of aromatic nitrogens is 3. The Labute approximate surface area is 541 Å². The molecule has 0 saturated heterocycles. The first-order valence-electron chi connectivity index (χ1n) is 29.6. The van der Waals surface area contributed by atoms with Crippen molar-refractivity contribution in [3.63, 3.8) is 0 Å². The van der Waals surface area contributed by atoms with Gasteiger partial charge >= 0.3 is 17.9 Å². The van der Waals surface area contributed by atoms with E-state index in [0.717, 1.165) is 36.4 Å². The molecule has 3 heterocycles. The van der Waals surface area contributed by atoms with E-state index in [1.807, 2.05) is 0 Å². The van der Waals surface area contributed by atoms with Crippen LogP contribution in [0.2, 0.25) is 0 Å². The van der Waals surface area contributed by atoms with Crippen molar-refractivity contribution < 1.29 is 78.0 Å². The fourth-order valence-corrected chi connectivity index (χ4v) is 11.4. The Bertz CT molecular complexity index is 4150. The van der Waals surface area contributed by atoms with E-state index in [9.17, 15) is 93.6 Å². The Hall–Kier alpha value is -12.6. The quantitative estimate of drug-likeness (QED) is 0.0123. The van der Waals surface area contributed by atoms with Crippen LogP contribution in [-0.2, 0) is 52.8 Å². The van der Waals surface area contributed by atoms with Crippen LogP contribution in [0.4, 0.5) is 17.1 Å². The minimum absolute atomic E-state index is 0.00742. The number of nitrogens with zero attached hydrogens (tertiary/aromatic N) is 3. The molecule has 492 valence electrons. The third-order valence-electron chi connectivity index (χ3n) is 16.3. The van der Waals surface area contributed by atoms with Crippen molar-refractivity contribution in [3.8, 4) is 0 Å². The Balaban J connectivity index is 0.990. The summed E-state index contributed by atoms with van der Waals surface area (Å²) in [5.74, 6) is -10.5. The highest BCUT2D eigenvalue weighted by molar-refractivity contribution is 6.14. The predicted molar refractivity (Wildman–Crippen MR) is 342 cm³/mol. The second-order valence-corrected chi connectivity index (χ2v) is 22.5. The number of carbonyl (C=O) groups is 10. The Kier molecular flexibility index (Phi) is 20.7. The number of nitrogens with one attached hydrogen (secondary N) is 7. The van der Waals surface area contributed by atoms with E-state index in [2.05, 4.69) is 36.2 Å². The van der Waals surface area contributed by atoms with Gasteiger partial charge in [-0.25, -0.2) is 14.4 Å². The molecule has 6 aromatic carbocycles. The number of rotatable bonds is 32. The maximum absolute atomic E-state index is 14.3. The number of aliphatic carboxylic acids is 3. The molecule has 0 fully saturated rings. The van der Waals surface area contributed by atoms with Crippen LogP contribution in [0.5, 0.6) is 0 Å². The number of non-ortho nitro benzene ring substituents is 3. The fourth-order valence-electron chi connectivity index (χ4n) is 11.4. The fraction of sp³-hybridized carbons (Fsp3) is 0.212. The van der Waals surface area contributed by atoms with Gasteiger partial charge in [-0.3, -0.25) is 63.9 Å². The molecular formula is C66H59N11O19. The number of ketones is 3. The molecule has 9 rings (SSSR count). The summed E-state index contributed by atoms with van der Waals surface area (Å²) in [7, 11) is 0. The van der Waals surface area contributed by atoms with Crippen molar-refractivity contribution in [3.05, 3.63) is 226 Å². The number of hydrogen-bond donors (Lipinski definition) is 11. The molecular weight excluding hydrogens is 1250 g/mol. The van der Waals surface area contributed by atoms with Crippen molar-refractivity contribution >= 4 is 109 Å². The molecule has 0 aliphatic heterocycles. The van der Waals surface area contributed by atoms with E-state index >= 15 is 0 Å². The number of aromatic amines is 3. The number of benzene rings is 6. The number of amides is 4. The minimum atomic E-state index is -1.87. The van der Waals surface area contributed by atoms with E-state index in [1.165, 1.54) is 36.4 Å². The van der Waals surface area contributed by atoms with Crippen LogP contribution in [-0.4, -0.2) is 134 Å². The van der Waals surface area contributed by atoms with Gasteiger partial charge < -0.3 is 57.3 Å². The first-order chi connectivity index (χ1) is 45.8. The Morgan fingerprint density at radius 3 is 0.906 bits per heavy atom. The molecule has 3 unspecified atom stereocenters. The van der Waals surface area contributed by atoms with Gasteiger partial charge in [0.15, 0.2) is 0 Å². The number of fused-ring (bicyclic) bond motifs is 3. The largest absolute Gasteiger partial charge is 0.480 e. The molecule has 0 aliphatic carbocycles. The van der Waals surface area contributed by atoms with E-state index < -0.39 is 162 Å². The molecule has 96 heavy (non-hydrogen) atoms. The Morgan fingerprint density at radius 2 is 0.667 bits per heavy atom. The van der Waals surface area contributed by atoms with Gasteiger partial charge in [0, 0.05) is 130 Å². The van der Waals surface area contributed by atoms with Crippen LogP contribution >= 0.6 is 0 Å². The van der Waals surface area contributed by atoms with Crippen LogP contribution in [0, 0.1) is 30.3 Å². The van der Waals surface area contributed by atoms with Crippen molar-refractivity contribution in [1.82, 2.24) is 36.2 Å². The normalized spacial score (nSPS) is 12.8. The third kappa shape index (κ3) is 15.6. The summed E-state index contributed by atoms with van der Waals surface area (Å²) < 4.78 is 0. The molecule has 3 atom stereocenters. The van der Waals surface area contributed by atoms with Crippen LogP contribution in [0.1, 0.15) is 103 Å². The first-order valence-corrected chi connectivity index (χ1v) is 29.6. The van der Waals surface area contributed by atoms with Crippen LogP contribution in [0.3, 0.4) is 0 Å². The smallest absolute Gasteiger partial charge is 0.326 e. The third-order valence-corrected chi connectivity index (χ3v) is 16.3. The summed E-state index contributed by atoms with van der Waals surface area (Å²) in [5, 5.41) is 77.2. The van der Waals surface area contributed by atoms with Crippen molar-refractivity contribution in [2.75, 3.05) is 6.54 Å². The van der Waals surface area contributed by atoms with Crippen LogP contribution in [0.25, 0.3) is 32.7 Å². The number of nitro groups is 3. The zero-order chi connectivity index (χ0) is 69.1. The summed E-state index contributed by atoms with van der Waals surface area (Å²) in [5.41, 5.74) is 4.47. The van der Waals surface area contributed by atoms with E-state index in [-0.39, 0.29) is 67.5 Å². The average molecular weight is 1310 g/mol.